The van der Waals surface area contributed by atoms with Gasteiger partial charge in [0, 0.05) is 5.69 Å². The highest BCUT2D eigenvalue weighted by atomic mass is 16.3. The second-order valence-electron chi connectivity index (χ2n) is 4.99. The smallest absolute Gasteiger partial charge is 0.116 e. The van der Waals surface area contributed by atoms with Crippen molar-refractivity contribution in [2.45, 2.75) is 62.3 Å². The summed E-state index contributed by atoms with van der Waals surface area (Å²) in [5.41, 5.74) is 12.5. The van der Waals surface area contributed by atoms with Crippen molar-refractivity contribution in [3.05, 3.63) is 58.1 Å². The van der Waals surface area contributed by atoms with Gasteiger partial charge < -0.3 is 10.8 Å². The third kappa shape index (κ3) is 8.29. The molecule has 0 spiro atoms. The Hall–Kier alpha value is -1.96. The van der Waals surface area contributed by atoms with Crippen molar-refractivity contribution in [2.75, 3.05) is 5.73 Å². The molecule has 0 atom stereocenters. The first kappa shape index (κ1) is 23.3. The maximum Gasteiger partial charge on any atom is 0.116 e. The molecule has 2 rings (SSSR count). The lowest BCUT2D eigenvalue weighted by Crippen LogP contribution is -1.90. The topological polar surface area (TPSA) is 46.2 Å². The monoisotopic (exact) mass is 317 g/mol. The number of phenols is 1. The standard InChI is InChI=1S/C9H12O.C8H11N.2C2H6/c1-6-4-9(10)5-7(2)8(6)3;1-6-4-3-5-8(9)7(6)2;2*1-2/h4-5,10H,1-3H3;3-5H,9H2,1-2H3;2*1-2H3. The lowest BCUT2D eigenvalue weighted by atomic mass is 10.0. The molecule has 0 aliphatic heterocycles. The summed E-state index contributed by atoms with van der Waals surface area (Å²) >= 11 is 0. The lowest BCUT2D eigenvalue weighted by molar-refractivity contribution is 0.474. The molecule has 0 bridgehead atoms. The molecule has 23 heavy (non-hydrogen) atoms. The Morgan fingerprint density at radius 1 is 0.696 bits per heavy atom. The number of nitrogens with two attached hydrogens (primary N) is 1. The molecule has 2 heteroatoms. The fourth-order valence-corrected chi connectivity index (χ4v) is 1.79. The zero-order chi connectivity index (χ0) is 18.6. The van der Waals surface area contributed by atoms with Crippen LogP contribution in [0.5, 0.6) is 5.75 Å². The number of nitrogen functional groups attached to an aromatic ring is 1. The number of hydrogen-bond donors (Lipinski definition) is 2. The van der Waals surface area contributed by atoms with Gasteiger partial charge in [0.1, 0.15) is 5.75 Å². The Morgan fingerprint density at radius 3 is 1.48 bits per heavy atom. The van der Waals surface area contributed by atoms with Gasteiger partial charge in [0.15, 0.2) is 0 Å². The maximum atomic E-state index is 9.12. The molecule has 0 unspecified atom stereocenters. The van der Waals surface area contributed by atoms with Crippen molar-refractivity contribution >= 4 is 5.69 Å². The van der Waals surface area contributed by atoms with E-state index in [0.717, 1.165) is 16.8 Å². The van der Waals surface area contributed by atoms with Gasteiger partial charge in [0.2, 0.25) is 0 Å². The van der Waals surface area contributed by atoms with E-state index in [9.17, 15) is 0 Å². The molecule has 0 aliphatic carbocycles. The van der Waals surface area contributed by atoms with E-state index in [2.05, 4.69) is 19.9 Å². The van der Waals surface area contributed by atoms with E-state index in [1.54, 1.807) is 12.1 Å². The number of rotatable bonds is 0. The molecule has 0 heterocycles. The zero-order valence-corrected chi connectivity index (χ0v) is 16.4. The Bertz CT molecular complexity index is 531. The molecule has 0 aliphatic rings. The fourth-order valence-electron chi connectivity index (χ4n) is 1.79. The minimum atomic E-state index is 0.362. The molecular weight excluding hydrogens is 282 g/mol. The van der Waals surface area contributed by atoms with Crippen LogP contribution in [-0.2, 0) is 0 Å². The van der Waals surface area contributed by atoms with Crippen LogP contribution < -0.4 is 5.73 Å². The summed E-state index contributed by atoms with van der Waals surface area (Å²) in [6.45, 7) is 18.2. The summed E-state index contributed by atoms with van der Waals surface area (Å²) in [6, 6.07) is 9.51. The molecule has 0 amide bonds. The summed E-state index contributed by atoms with van der Waals surface area (Å²) in [4.78, 5) is 0. The molecule has 0 fully saturated rings. The zero-order valence-electron chi connectivity index (χ0n) is 16.4. The molecule has 0 radical (unpaired) electrons. The predicted molar refractivity (Wildman–Crippen MR) is 105 cm³/mol. The SMILES string of the molecule is CC.CC.Cc1cc(O)cc(C)c1C.Cc1cccc(N)c1C. The van der Waals surface area contributed by atoms with Crippen LogP contribution in [0.2, 0.25) is 0 Å². The van der Waals surface area contributed by atoms with Gasteiger partial charge in [-0.2, -0.15) is 0 Å². The van der Waals surface area contributed by atoms with Crippen LogP contribution in [0.15, 0.2) is 30.3 Å². The largest absolute Gasteiger partial charge is 0.508 e. The second-order valence-corrected chi connectivity index (χ2v) is 4.99. The summed E-state index contributed by atoms with van der Waals surface area (Å²) in [5, 5.41) is 9.12. The van der Waals surface area contributed by atoms with Gasteiger partial charge in [0.05, 0.1) is 0 Å². The number of aryl methyl sites for hydroxylation is 3. The molecule has 3 N–H and O–H groups in total. The molecule has 2 aromatic rings. The van der Waals surface area contributed by atoms with Crippen molar-refractivity contribution in [2.24, 2.45) is 0 Å². The number of benzene rings is 2. The molecule has 2 aromatic carbocycles. The average molecular weight is 318 g/mol. The van der Waals surface area contributed by atoms with Gasteiger partial charge in [-0.15, -0.1) is 0 Å². The summed E-state index contributed by atoms with van der Waals surface area (Å²) in [7, 11) is 0. The van der Waals surface area contributed by atoms with Gasteiger partial charge >= 0.3 is 0 Å². The summed E-state index contributed by atoms with van der Waals surface area (Å²) in [6.07, 6.45) is 0. The van der Waals surface area contributed by atoms with E-state index in [0.29, 0.717) is 5.75 Å². The Morgan fingerprint density at radius 2 is 1.13 bits per heavy atom. The molecule has 0 aromatic heterocycles. The quantitative estimate of drug-likeness (QED) is 0.564. The minimum Gasteiger partial charge on any atom is -0.508 e. The first-order valence-electron chi connectivity index (χ1n) is 8.41. The first-order chi connectivity index (χ1) is 10.8. The number of aromatic hydroxyl groups is 1. The van der Waals surface area contributed by atoms with Crippen molar-refractivity contribution in [3.8, 4) is 5.75 Å². The number of anilines is 1. The van der Waals surface area contributed by atoms with Gasteiger partial charge in [-0.25, -0.2) is 0 Å². The van der Waals surface area contributed by atoms with E-state index >= 15 is 0 Å². The van der Waals surface area contributed by atoms with E-state index in [1.807, 2.05) is 60.6 Å². The fraction of sp³-hybridized carbons (Fsp3) is 0.429. The van der Waals surface area contributed by atoms with Gasteiger partial charge in [-0.05, 0) is 80.6 Å². The highest BCUT2D eigenvalue weighted by Crippen LogP contribution is 2.19. The van der Waals surface area contributed by atoms with Gasteiger partial charge in [-0.3, -0.25) is 0 Å². The third-order valence-electron chi connectivity index (χ3n) is 3.56. The molecule has 0 saturated heterocycles. The lowest BCUT2D eigenvalue weighted by Gasteiger charge is -2.03. The van der Waals surface area contributed by atoms with Gasteiger partial charge in [0.25, 0.3) is 0 Å². The number of hydrogen-bond acceptors (Lipinski definition) is 2. The Kier molecular flexibility index (Phi) is 12.7. The molecule has 130 valence electrons. The first-order valence-corrected chi connectivity index (χ1v) is 8.41. The highest BCUT2D eigenvalue weighted by molar-refractivity contribution is 5.49. The predicted octanol–water partition coefficient (Wildman–Crippen LogP) is 6.26. The van der Waals surface area contributed by atoms with Crippen LogP contribution in [0.25, 0.3) is 0 Å². The Labute approximate surface area is 143 Å². The van der Waals surface area contributed by atoms with Crippen molar-refractivity contribution in [1.29, 1.82) is 0 Å². The van der Waals surface area contributed by atoms with Crippen LogP contribution >= 0.6 is 0 Å². The van der Waals surface area contributed by atoms with E-state index in [-0.39, 0.29) is 0 Å². The normalized spacial score (nSPS) is 8.57. The van der Waals surface area contributed by atoms with E-state index < -0.39 is 0 Å². The third-order valence-corrected chi connectivity index (χ3v) is 3.56. The van der Waals surface area contributed by atoms with Gasteiger partial charge in [-0.1, -0.05) is 39.8 Å². The van der Waals surface area contributed by atoms with E-state index in [1.165, 1.54) is 16.7 Å². The van der Waals surface area contributed by atoms with Crippen LogP contribution in [-0.4, -0.2) is 5.11 Å². The van der Waals surface area contributed by atoms with Crippen LogP contribution in [0, 0.1) is 34.6 Å². The summed E-state index contributed by atoms with van der Waals surface area (Å²) < 4.78 is 0. The molecule has 0 saturated carbocycles. The average Bonchev–Trinajstić information content (AvgIpc) is 2.54. The maximum absolute atomic E-state index is 9.12. The van der Waals surface area contributed by atoms with Crippen molar-refractivity contribution in [3.63, 3.8) is 0 Å². The van der Waals surface area contributed by atoms with Crippen molar-refractivity contribution in [1.82, 2.24) is 0 Å². The minimum absolute atomic E-state index is 0.362. The number of phenolic OH excluding ortho intramolecular Hbond substituents is 1. The summed E-state index contributed by atoms with van der Waals surface area (Å²) in [5.74, 6) is 0.362. The highest BCUT2D eigenvalue weighted by Gasteiger charge is 1.97. The molecule has 2 nitrogen and oxygen atoms in total. The van der Waals surface area contributed by atoms with E-state index in [4.69, 9.17) is 10.8 Å². The van der Waals surface area contributed by atoms with Crippen LogP contribution in [0.1, 0.15) is 55.5 Å². The molecular formula is C21H35NO. The van der Waals surface area contributed by atoms with Crippen LogP contribution in [0.3, 0.4) is 0 Å². The van der Waals surface area contributed by atoms with Crippen LogP contribution in [0.4, 0.5) is 5.69 Å². The Balaban J connectivity index is 0. The second kappa shape index (κ2) is 12.6. The van der Waals surface area contributed by atoms with Crippen molar-refractivity contribution < 1.29 is 5.11 Å².